The Morgan fingerprint density at radius 3 is 2.35 bits per heavy atom. The molecule has 2 aliphatic heterocycles. The molecule has 0 bridgehead atoms. The number of rotatable bonds is 2. The van der Waals surface area contributed by atoms with E-state index >= 15 is 0 Å². The molecule has 0 unspecified atom stereocenters. The van der Waals surface area contributed by atoms with Crippen molar-refractivity contribution in [1.82, 2.24) is 0 Å². The molecule has 0 saturated carbocycles. The normalized spacial score (nSPS) is 15.1. The molecule has 2 aromatic carbocycles. The van der Waals surface area contributed by atoms with Gasteiger partial charge in [-0.2, -0.15) is 0 Å². The van der Waals surface area contributed by atoms with E-state index in [-0.39, 0.29) is 22.6 Å². The predicted octanol–water partition coefficient (Wildman–Crippen LogP) is 1.75. The average molecular weight is 308 g/mol. The highest BCUT2D eigenvalue weighted by molar-refractivity contribution is 6.52. The van der Waals surface area contributed by atoms with Crippen LogP contribution >= 0.6 is 0 Å². The number of ketones is 2. The number of anilines is 2. The first kappa shape index (κ1) is 13.2. The molecule has 7 nitrogen and oxygen atoms in total. The van der Waals surface area contributed by atoms with E-state index in [1.165, 1.54) is 6.07 Å². The number of hydrogen-bond acceptors (Lipinski definition) is 5. The number of ether oxygens (including phenoxy) is 1. The van der Waals surface area contributed by atoms with Crippen molar-refractivity contribution in [3.63, 3.8) is 0 Å². The fourth-order valence-electron chi connectivity index (χ4n) is 2.56. The van der Waals surface area contributed by atoms with Crippen LogP contribution in [0.2, 0.25) is 0 Å². The topological polar surface area (TPSA) is 102 Å². The standard InChI is InChI=1S/C16H8N2O5/c19-13-8-6-7(4-5-9(8)17-15(13)21)23-11-3-1-2-10-12(11)14(20)16(22)18-10/h1-6H,(H,17,19,21)(H,18,20,22). The quantitative estimate of drug-likeness (QED) is 0.823. The van der Waals surface area contributed by atoms with Crippen molar-refractivity contribution in [3.05, 3.63) is 47.5 Å². The van der Waals surface area contributed by atoms with Gasteiger partial charge < -0.3 is 15.4 Å². The van der Waals surface area contributed by atoms with Crippen molar-refractivity contribution in [2.45, 2.75) is 0 Å². The monoisotopic (exact) mass is 308 g/mol. The molecule has 23 heavy (non-hydrogen) atoms. The average Bonchev–Trinajstić information content (AvgIpc) is 2.98. The Morgan fingerprint density at radius 1 is 0.783 bits per heavy atom. The minimum Gasteiger partial charge on any atom is -0.456 e. The van der Waals surface area contributed by atoms with Gasteiger partial charge >= 0.3 is 0 Å². The third-order valence-corrected chi connectivity index (χ3v) is 3.63. The van der Waals surface area contributed by atoms with Crippen LogP contribution in [0.4, 0.5) is 11.4 Å². The molecule has 112 valence electrons. The molecule has 4 rings (SSSR count). The van der Waals surface area contributed by atoms with Gasteiger partial charge in [-0.15, -0.1) is 0 Å². The van der Waals surface area contributed by atoms with Gasteiger partial charge in [0.05, 0.1) is 22.5 Å². The van der Waals surface area contributed by atoms with Gasteiger partial charge in [-0.3, -0.25) is 19.2 Å². The van der Waals surface area contributed by atoms with E-state index in [2.05, 4.69) is 10.6 Å². The first-order chi connectivity index (χ1) is 11.0. The predicted molar refractivity (Wildman–Crippen MR) is 78.9 cm³/mol. The summed E-state index contributed by atoms with van der Waals surface area (Å²) in [5.41, 5.74) is 1.16. The molecule has 2 N–H and O–H groups in total. The summed E-state index contributed by atoms with van der Waals surface area (Å²) in [6.45, 7) is 0. The highest BCUT2D eigenvalue weighted by Crippen LogP contribution is 2.36. The number of benzene rings is 2. The number of fused-ring (bicyclic) bond motifs is 2. The van der Waals surface area contributed by atoms with Crippen molar-refractivity contribution in [1.29, 1.82) is 0 Å². The van der Waals surface area contributed by atoms with Crippen LogP contribution in [-0.2, 0) is 9.59 Å². The SMILES string of the molecule is O=C1Nc2ccc(Oc3cccc4c3C(=O)C(=O)N4)cc2C1=O. The Labute approximate surface area is 129 Å². The van der Waals surface area contributed by atoms with Crippen LogP contribution in [0.15, 0.2) is 36.4 Å². The maximum atomic E-state index is 11.9. The summed E-state index contributed by atoms with van der Waals surface area (Å²) in [4.78, 5) is 46.4. The van der Waals surface area contributed by atoms with E-state index in [9.17, 15) is 19.2 Å². The summed E-state index contributed by atoms with van der Waals surface area (Å²) in [5.74, 6) is -2.23. The minimum absolute atomic E-state index is 0.151. The van der Waals surface area contributed by atoms with Gasteiger partial charge in [0.1, 0.15) is 11.5 Å². The smallest absolute Gasteiger partial charge is 0.297 e. The maximum Gasteiger partial charge on any atom is 0.297 e. The van der Waals surface area contributed by atoms with Gasteiger partial charge in [0, 0.05) is 0 Å². The number of amides is 2. The number of Topliss-reactive ketones (excluding diaryl/α,β-unsaturated/α-hetero) is 2. The van der Waals surface area contributed by atoms with Gasteiger partial charge in [0.2, 0.25) is 0 Å². The Kier molecular flexibility index (Phi) is 2.59. The van der Waals surface area contributed by atoms with Crippen molar-refractivity contribution < 1.29 is 23.9 Å². The van der Waals surface area contributed by atoms with Crippen molar-refractivity contribution >= 4 is 34.8 Å². The van der Waals surface area contributed by atoms with E-state index < -0.39 is 23.4 Å². The molecule has 2 heterocycles. The van der Waals surface area contributed by atoms with Gasteiger partial charge in [-0.25, -0.2) is 0 Å². The second kappa shape index (κ2) is 4.51. The fourth-order valence-corrected chi connectivity index (χ4v) is 2.56. The van der Waals surface area contributed by atoms with Crippen LogP contribution < -0.4 is 15.4 Å². The highest BCUT2D eigenvalue weighted by atomic mass is 16.5. The lowest BCUT2D eigenvalue weighted by molar-refractivity contribution is -0.112. The van der Waals surface area contributed by atoms with Crippen molar-refractivity contribution in [3.8, 4) is 11.5 Å². The molecule has 0 aromatic heterocycles. The molecule has 0 radical (unpaired) electrons. The Bertz CT molecular complexity index is 932. The lowest BCUT2D eigenvalue weighted by atomic mass is 10.1. The number of hydrogen-bond donors (Lipinski definition) is 2. The van der Waals surface area contributed by atoms with E-state index in [1.807, 2.05) is 0 Å². The van der Waals surface area contributed by atoms with E-state index in [4.69, 9.17) is 4.74 Å². The summed E-state index contributed by atoms with van der Waals surface area (Å²) in [6, 6.07) is 9.31. The third-order valence-electron chi connectivity index (χ3n) is 3.63. The fraction of sp³-hybridized carbons (Fsp3) is 0. The molecule has 0 spiro atoms. The van der Waals surface area contributed by atoms with Gasteiger partial charge in [-0.1, -0.05) is 6.07 Å². The molecule has 0 aliphatic carbocycles. The largest absolute Gasteiger partial charge is 0.456 e. The molecule has 0 saturated heterocycles. The first-order valence-corrected chi connectivity index (χ1v) is 6.71. The van der Waals surface area contributed by atoms with Crippen LogP contribution in [-0.4, -0.2) is 23.4 Å². The molecule has 2 amide bonds. The van der Waals surface area contributed by atoms with Crippen molar-refractivity contribution in [2.24, 2.45) is 0 Å². The first-order valence-electron chi connectivity index (χ1n) is 6.71. The Balaban J connectivity index is 1.73. The summed E-state index contributed by atoms with van der Waals surface area (Å²) < 4.78 is 5.64. The summed E-state index contributed by atoms with van der Waals surface area (Å²) in [7, 11) is 0. The molecular weight excluding hydrogens is 300 g/mol. The van der Waals surface area contributed by atoms with Crippen LogP contribution in [0.5, 0.6) is 11.5 Å². The van der Waals surface area contributed by atoms with E-state index in [0.29, 0.717) is 11.4 Å². The second-order valence-electron chi connectivity index (χ2n) is 5.05. The zero-order valence-electron chi connectivity index (χ0n) is 11.5. The van der Waals surface area contributed by atoms with Gasteiger partial charge in [0.15, 0.2) is 0 Å². The minimum atomic E-state index is -0.713. The van der Waals surface area contributed by atoms with Gasteiger partial charge in [0.25, 0.3) is 23.4 Å². The second-order valence-corrected chi connectivity index (χ2v) is 5.05. The molecule has 2 aromatic rings. The summed E-state index contributed by atoms with van der Waals surface area (Å²) in [6.07, 6.45) is 0. The highest BCUT2D eigenvalue weighted by Gasteiger charge is 2.32. The van der Waals surface area contributed by atoms with Gasteiger partial charge in [-0.05, 0) is 30.3 Å². The van der Waals surface area contributed by atoms with E-state index in [1.54, 1.807) is 30.3 Å². The maximum absolute atomic E-state index is 11.9. The summed E-state index contributed by atoms with van der Waals surface area (Å²) >= 11 is 0. The van der Waals surface area contributed by atoms with Crippen LogP contribution in [0.1, 0.15) is 20.7 Å². The molecular formula is C16H8N2O5. The number of carbonyl (C=O) groups is 4. The zero-order valence-corrected chi connectivity index (χ0v) is 11.5. The Morgan fingerprint density at radius 2 is 1.52 bits per heavy atom. The lowest BCUT2D eigenvalue weighted by Gasteiger charge is -2.09. The molecule has 0 atom stereocenters. The van der Waals surface area contributed by atoms with Crippen LogP contribution in [0, 0.1) is 0 Å². The number of carbonyl (C=O) groups excluding carboxylic acids is 4. The molecule has 2 aliphatic rings. The molecule has 7 heteroatoms. The summed E-state index contributed by atoms with van der Waals surface area (Å²) in [5, 5.41) is 4.89. The van der Waals surface area contributed by atoms with Crippen molar-refractivity contribution in [2.75, 3.05) is 10.6 Å². The van der Waals surface area contributed by atoms with Crippen LogP contribution in [0.25, 0.3) is 0 Å². The molecule has 0 fully saturated rings. The lowest BCUT2D eigenvalue weighted by Crippen LogP contribution is -2.12. The third kappa shape index (κ3) is 1.90. The Hall–Kier alpha value is -3.48. The zero-order chi connectivity index (χ0) is 16.1. The van der Waals surface area contributed by atoms with E-state index in [0.717, 1.165) is 0 Å². The number of nitrogens with one attached hydrogen (secondary N) is 2. The van der Waals surface area contributed by atoms with Crippen LogP contribution in [0.3, 0.4) is 0 Å².